The molecule has 1 heterocycles. The first-order chi connectivity index (χ1) is 22.9. The van der Waals surface area contributed by atoms with Gasteiger partial charge in [-0.05, 0) is 54.2 Å². The van der Waals surface area contributed by atoms with Crippen molar-refractivity contribution in [1.82, 2.24) is 20.3 Å². The van der Waals surface area contributed by atoms with Crippen LogP contribution in [-0.4, -0.2) is 54.8 Å². The Morgan fingerprint density at radius 2 is 1.67 bits per heavy atom. The molecule has 0 aliphatic heterocycles. The summed E-state index contributed by atoms with van der Waals surface area (Å²) in [6.45, 7) is 2.16. The highest BCUT2D eigenvalue weighted by atomic mass is 32.2. The number of carbonyl (C=O) groups is 3. The Labute approximate surface area is 279 Å². The van der Waals surface area contributed by atoms with E-state index in [9.17, 15) is 22.8 Å². The third kappa shape index (κ3) is 10.4. The first-order valence-electron chi connectivity index (χ1n) is 15.5. The SMILES string of the molecule is CCCS(=O)(=O)NC(Cc1c[nH]c2ccc(OCc3ccccc3)cc12)C(=O)NC(CCC(N)=O)C(=O)NCc1ccc(C(=N)N)cc1. The second-order valence-electron chi connectivity index (χ2n) is 11.4. The number of sulfonamides is 1. The molecule has 0 aliphatic carbocycles. The van der Waals surface area contributed by atoms with Crippen LogP contribution < -0.4 is 31.6 Å². The number of carbonyl (C=O) groups excluding carboxylic acids is 3. The first kappa shape index (κ1) is 35.6. The lowest BCUT2D eigenvalue weighted by Crippen LogP contribution is -2.54. The number of benzene rings is 3. The van der Waals surface area contributed by atoms with Gasteiger partial charge in [-0.15, -0.1) is 0 Å². The fourth-order valence-corrected chi connectivity index (χ4v) is 6.33. The molecule has 0 aliphatic rings. The minimum Gasteiger partial charge on any atom is -0.489 e. The molecule has 0 bridgehead atoms. The second-order valence-corrected chi connectivity index (χ2v) is 13.3. The van der Waals surface area contributed by atoms with Crippen molar-refractivity contribution in [1.29, 1.82) is 5.41 Å². The zero-order valence-corrected chi connectivity index (χ0v) is 27.4. The van der Waals surface area contributed by atoms with Crippen LogP contribution in [0.15, 0.2) is 79.0 Å². The summed E-state index contributed by atoms with van der Waals surface area (Å²) in [5.74, 6) is -1.67. The van der Waals surface area contributed by atoms with E-state index in [0.717, 1.165) is 16.5 Å². The minimum absolute atomic E-state index is 0.0381. The molecule has 4 aromatic rings. The summed E-state index contributed by atoms with van der Waals surface area (Å²) < 4.78 is 34.3. The zero-order valence-electron chi connectivity index (χ0n) is 26.6. The van der Waals surface area contributed by atoms with Crippen molar-refractivity contribution in [2.45, 2.75) is 57.8 Å². The standard InChI is InChI=1S/C34H41N7O6S/c1-2-16-48(45,46)41-30(17-25-20-38-28-13-12-26(18-27(25)28)47-21-23-6-4-3-5-7-23)34(44)40-29(14-15-31(35)42)33(43)39-19-22-8-10-24(11-9-22)32(36)37/h3-13,18,20,29-30,38,41H,2,14-17,19,21H2,1H3,(H2,35,42)(H3,36,37)(H,39,43)(H,40,44). The normalized spacial score (nSPS) is 12.6. The molecule has 0 saturated heterocycles. The molecule has 3 amide bonds. The van der Waals surface area contributed by atoms with E-state index in [0.29, 0.717) is 35.5 Å². The summed E-state index contributed by atoms with van der Waals surface area (Å²) in [5.41, 5.74) is 14.5. The molecule has 0 spiro atoms. The van der Waals surface area contributed by atoms with Crippen LogP contribution in [0.1, 0.15) is 48.4 Å². The molecule has 48 heavy (non-hydrogen) atoms. The van der Waals surface area contributed by atoms with Gasteiger partial charge < -0.3 is 31.8 Å². The smallest absolute Gasteiger partial charge is 0.242 e. The summed E-state index contributed by atoms with van der Waals surface area (Å²) in [5, 5.41) is 13.6. The van der Waals surface area contributed by atoms with Gasteiger partial charge in [-0.3, -0.25) is 19.8 Å². The number of nitrogen functional groups attached to an aromatic ring is 1. The second kappa shape index (κ2) is 16.6. The van der Waals surface area contributed by atoms with Crippen molar-refractivity contribution < 1.29 is 27.5 Å². The number of fused-ring (bicyclic) bond motifs is 1. The summed E-state index contributed by atoms with van der Waals surface area (Å²) in [6, 6.07) is 19.4. The van der Waals surface area contributed by atoms with E-state index in [4.69, 9.17) is 21.6 Å². The number of H-pyrrole nitrogens is 1. The van der Waals surface area contributed by atoms with Gasteiger partial charge in [0.25, 0.3) is 0 Å². The summed E-state index contributed by atoms with van der Waals surface area (Å²) in [7, 11) is -3.86. The van der Waals surface area contributed by atoms with Gasteiger partial charge in [0, 0.05) is 35.6 Å². The molecule has 0 radical (unpaired) electrons. The lowest BCUT2D eigenvalue weighted by Gasteiger charge is -2.23. The number of primary amides is 1. The van der Waals surface area contributed by atoms with E-state index in [1.165, 1.54) is 0 Å². The average molecular weight is 676 g/mol. The highest BCUT2D eigenvalue weighted by Crippen LogP contribution is 2.26. The Kier molecular flexibility index (Phi) is 12.3. The van der Waals surface area contributed by atoms with E-state index in [1.807, 2.05) is 48.5 Å². The Morgan fingerprint density at radius 3 is 2.33 bits per heavy atom. The van der Waals surface area contributed by atoms with Gasteiger partial charge in [0.1, 0.15) is 30.3 Å². The van der Waals surface area contributed by atoms with Crippen molar-refractivity contribution in [3.8, 4) is 5.75 Å². The maximum atomic E-state index is 13.7. The largest absolute Gasteiger partial charge is 0.489 e. The van der Waals surface area contributed by atoms with Crippen LogP contribution in [0.2, 0.25) is 0 Å². The first-order valence-corrected chi connectivity index (χ1v) is 17.2. The van der Waals surface area contributed by atoms with Gasteiger partial charge in [0.2, 0.25) is 27.7 Å². The van der Waals surface area contributed by atoms with Gasteiger partial charge in [-0.2, -0.15) is 0 Å². The van der Waals surface area contributed by atoms with Crippen LogP contribution >= 0.6 is 0 Å². The molecule has 2 unspecified atom stereocenters. The van der Waals surface area contributed by atoms with Crippen LogP contribution in [0.25, 0.3) is 10.9 Å². The molecule has 254 valence electrons. The molecule has 0 saturated carbocycles. The summed E-state index contributed by atoms with van der Waals surface area (Å²) >= 11 is 0. The van der Waals surface area contributed by atoms with E-state index >= 15 is 0 Å². The van der Waals surface area contributed by atoms with Crippen LogP contribution in [0.4, 0.5) is 0 Å². The van der Waals surface area contributed by atoms with Gasteiger partial charge in [0.15, 0.2) is 0 Å². The Balaban J connectivity index is 1.53. The predicted molar refractivity (Wildman–Crippen MR) is 183 cm³/mol. The number of amidine groups is 1. The van der Waals surface area contributed by atoms with Crippen LogP contribution in [0.3, 0.4) is 0 Å². The Bertz CT molecular complexity index is 1840. The topological polar surface area (TPSA) is 222 Å². The maximum absolute atomic E-state index is 13.7. The van der Waals surface area contributed by atoms with Gasteiger partial charge in [-0.25, -0.2) is 13.1 Å². The molecule has 0 fully saturated rings. The number of rotatable bonds is 18. The fraction of sp³-hybridized carbons (Fsp3) is 0.294. The third-order valence-electron chi connectivity index (χ3n) is 7.57. The highest BCUT2D eigenvalue weighted by Gasteiger charge is 2.29. The molecular formula is C34H41N7O6S. The van der Waals surface area contributed by atoms with E-state index in [2.05, 4.69) is 20.3 Å². The van der Waals surface area contributed by atoms with Crippen LogP contribution in [0.5, 0.6) is 5.75 Å². The van der Waals surface area contributed by atoms with E-state index in [1.54, 1.807) is 37.4 Å². The number of hydrogen-bond donors (Lipinski definition) is 7. The lowest BCUT2D eigenvalue weighted by molar-refractivity contribution is -0.130. The Morgan fingerprint density at radius 1 is 0.938 bits per heavy atom. The molecule has 3 aromatic carbocycles. The lowest BCUT2D eigenvalue weighted by atomic mass is 10.0. The predicted octanol–water partition coefficient (Wildman–Crippen LogP) is 2.34. The molecule has 9 N–H and O–H groups in total. The van der Waals surface area contributed by atoms with E-state index < -0.39 is 39.8 Å². The van der Waals surface area contributed by atoms with Crippen molar-refractivity contribution in [3.63, 3.8) is 0 Å². The average Bonchev–Trinajstić information content (AvgIpc) is 3.46. The van der Waals surface area contributed by atoms with Gasteiger partial charge >= 0.3 is 0 Å². The zero-order chi connectivity index (χ0) is 34.7. The summed E-state index contributed by atoms with van der Waals surface area (Å²) in [6.07, 6.45) is 1.71. The monoisotopic (exact) mass is 675 g/mol. The quantitative estimate of drug-likeness (QED) is 0.0615. The fourth-order valence-electron chi connectivity index (χ4n) is 5.05. The number of hydrogen-bond acceptors (Lipinski definition) is 7. The Hall–Kier alpha value is -5.21. The number of amides is 3. The third-order valence-corrected chi connectivity index (χ3v) is 9.16. The van der Waals surface area contributed by atoms with Gasteiger partial charge in [0.05, 0.1) is 5.75 Å². The molecule has 1 aromatic heterocycles. The number of nitrogens with two attached hydrogens (primary N) is 2. The minimum atomic E-state index is -3.86. The van der Waals surface area contributed by atoms with Crippen LogP contribution in [-0.2, 0) is 44.0 Å². The van der Waals surface area contributed by atoms with Crippen molar-refractivity contribution in [2.24, 2.45) is 11.5 Å². The molecule has 2 atom stereocenters. The number of aromatic nitrogens is 1. The molecule has 13 nitrogen and oxygen atoms in total. The number of aromatic amines is 1. The van der Waals surface area contributed by atoms with Crippen molar-refractivity contribution in [3.05, 3.63) is 101 Å². The summed E-state index contributed by atoms with van der Waals surface area (Å²) in [4.78, 5) is 41.8. The number of ether oxygens (including phenoxy) is 1. The molecule has 4 rings (SSSR count). The van der Waals surface area contributed by atoms with Crippen molar-refractivity contribution in [2.75, 3.05) is 5.75 Å². The van der Waals surface area contributed by atoms with Gasteiger partial charge in [-0.1, -0.05) is 61.5 Å². The number of nitrogens with one attached hydrogen (secondary N) is 5. The highest BCUT2D eigenvalue weighted by molar-refractivity contribution is 7.89. The molecule has 14 heteroatoms. The molecular weight excluding hydrogens is 634 g/mol. The van der Waals surface area contributed by atoms with E-state index in [-0.39, 0.29) is 37.4 Å². The maximum Gasteiger partial charge on any atom is 0.242 e. The van der Waals surface area contributed by atoms with Crippen molar-refractivity contribution >= 4 is 44.5 Å². The van der Waals surface area contributed by atoms with Crippen LogP contribution in [0, 0.1) is 5.41 Å².